The van der Waals surface area contributed by atoms with Crippen LogP contribution in [0.25, 0.3) is 11.3 Å². The Morgan fingerprint density at radius 2 is 1.69 bits per heavy atom. The minimum Gasteiger partial charge on any atom is -0.461 e. The monoisotopic (exact) mass is 526 g/mol. The maximum absolute atomic E-state index is 13.6. The van der Waals surface area contributed by atoms with Gasteiger partial charge in [0.1, 0.15) is 29.8 Å². The molecule has 1 N–H and O–H groups in total. The second-order valence-corrected chi connectivity index (χ2v) is 9.69. The number of aromatic nitrogens is 2. The van der Waals surface area contributed by atoms with Crippen LogP contribution in [-0.2, 0) is 34.0 Å². The number of amides is 1. The van der Waals surface area contributed by atoms with E-state index in [1.807, 2.05) is 61.5 Å². The number of fused-ring (bicyclic) bond motifs is 1. The molecule has 8 heteroatoms. The highest BCUT2D eigenvalue weighted by Gasteiger charge is 2.27. The smallest absolute Gasteiger partial charge is 0.306 e. The third-order valence-corrected chi connectivity index (χ3v) is 6.77. The lowest BCUT2D eigenvalue weighted by atomic mass is 10.1. The molecule has 1 amide bonds. The average Bonchev–Trinajstić information content (AvgIpc) is 3.31. The number of carbonyl (C=O) groups excluding carboxylic acids is 2. The lowest BCUT2D eigenvalue weighted by Gasteiger charge is -2.28. The fourth-order valence-corrected chi connectivity index (χ4v) is 4.61. The average molecular weight is 527 g/mol. The molecule has 3 aromatic carbocycles. The van der Waals surface area contributed by atoms with Crippen LogP contribution < -0.4 is 5.32 Å². The van der Waals surface area contributed by atoms with Gasteiger partial charge in [0.05, 0.1) is 6.54 Å². The van der Waals surface area contributed by atoms with Crippen molar-refractivity contribution in [2.24, 2.45) is 0 Å². The van der Waals surface area contributed by atoms with Gasteiger partial charge in [0.25, 0.3) is 0 Å². The predicted octanol–water partition coefficient (Wildman–Crippen LogP) is 6.00. The van der Waals surface area contributed by atoms with Crippen LogP contribution in [0.4, 0.5) is 15.9 Å². The molecule has 1 aliphatic heterocycles. The van der Waals surface area contributed by atoms with Crippen LogP contribution in [-0.4, -0.2) is 32.9 Å². The van der Waals surface area contributed by atoms with E-state index in [9.17, 15) is 14.0 Å². The molecule has 0 spiro atoms. The maximum Gasteiger partial charge on any atom is 0.306 e. The first-order chi connectivity index (χ1) is 19.0. The summed E-state index contributed by atoms with van der Waals surface area (Å²) in [6.07, 6.45) is 0.888. The summed E-state index contributed by atoms with van der Waals surface area (Å²) < 4.78 is 21.0. The van der Waals surface area contributed by atoms with Gasteiger partial charge < -0.3 is 19.5 Å². The van der Waals surface area contributed by atoms with Gasteiger partial charge in [-0.25, -0.2) is 9.37 Å². The van der Waals surface area contributed by atoms with E-state index in [0.29, 0.717) is 31.7 Å². The van der Waals surface area contributed by atoms with E-state index in [4.69, 9.17) is 9.72 Å². The number of hydrogen-bond donors (Lipinski definition) is 1. The van der Waals surface area contributed by atoms with Crippen LogP contribution in [0.5, 0.6) is 0 Å². The Labute approximate surface area is 227 Å². The molecule has 0 radical (unpaired) electrons. The molecule has 0 saturated carbocycles. The number of hydrogen-bond acceptors (Lipinski definition) is 5. The van der Waals surface area contributed by atoms with Crippen molar-refractivity contribution in [3.05, 3.63) is 102 Å². The number of halogens is 1. The van der Waals surface area contributed by atoms with E-state index in [2.05, 4.69) is 9.88 Å². The minimum absolute atomic E-state index is 0.0171. The summed E-state index contributed by atoms with van der Waals surface area (Å²) in [6.45, 7) is 3.74. The summed E-state index contributed by atoms with van der Waals surface area (Å²) in [6, 6.07) is 23.9. The highest BCUT2D eigenvalue weighted by molar-refractivity contribution is 5.79. The Morgan fingerprint density at radius 1 is 0.949 bits per heavy atom. The SMILES string of the molecule is Cc1ccc(Nc2c(-c3ccc(F)cc3)nc3n2CCN(C(=O)CCCC(=O)OCc2ccccc2)C3)cc1. The molecule has 200 valence electrons. The molecule has 1 aromatic heterocycles. The molecule has 5 rings (SSSR count). The van der Waals surface area contributed by atoms with Crippen LogP contribution in [0.1, 0.15) is 36.2 Å². The molecule has 0 unspecified atom stereocenters. The van der Waals surface area contributed by atoms with Gasteiger partial charge in [-0.1, -0.05) is 48.0 Å². The number of ether oxygens (including phenoxy) is 1. The number of nitrogens with zero attached hydrogens (tertiary/aromatic N) is 3. The molecule has 0 atom stereocenters. The second-order valence-electron chi connectivity index (χ2n) is 9.69. The van der Waals surface area contributed by atoms with Gasteiger partial charge in [-0.05, 0) is 55.3 Å². The first-order valence-corrected chi connectivity index (χ1v) is 13.1. The molecule has 7 nitrogen and oxygen atoms in total. The van der Waals surface area contributed by atoms with Gasteiger partial charge in [0.2, 0.25) is 5.91 Å². The molecule has 4 aromatic rings. The van der Waals surface area contributed by atoms with Gasteiger partial charge >= 0.3 is 5.97 Å². The molecule has 1 aliphatic rings. The Morgan fingerprint density at radius 3 is 2.44 bits per heavy atom. The van der Waals surface area contributed by atoms with Crippen LogP contribution in [0.15, 0.2) is 78.9 Å². The molecule has 0 bridgehead atoms. The zero-order valence-electron chi connectivity index (χ0n) is 21.9. The minimum atomic E-state index is -0.309. The third-order valence-electron chi connectivity index (χ3n) is 6.77. The second kappa shape index (κ2) is 11.9. The van der Waals surface area contributed by atoms with Crippen LogP contribution >= 0.6 is 0 Å². The highest BCUT2D eigenvalue weighted by Crippen LogP contribution is 2.33. The third kappa shape index (κ3) is 6.52. The van der Waals surface area contributed by atoms with Gasteiger partial charge in [-0.15, -0.1) is 0 Å². The lowest BCUT2D eigenvalue weighted by Crippen LogP contribution is -2.38. The summed E-state index contributed by atoms with van der Waals surface area (Å²) in [4.78, 5) is 31.7. The van der Waals surface area contributed by atoms with E-state index in [1.54, 1.807) is 17.0 Å². The summed E-state index contributed by atoms with van der Waals surface area (Å²) >= 11 is 0. The quantitative estimate of drug-likeness (QED) is 0.271. The summed E-state index contributed by atoms with van der Waals surface area (Å²) in [5, 5.41) is 3.49. The maximum atomic E-state index is 13.6. The Bertz CT molecular complexity index is 1430. The highest BCUT2D eigenvalue weighted by atomic mass is 19.1. The Hall–Kier alpha value is -4.46. The number of carbonyl (C=O) groups is 2. The van der Waals surface area contributed by atoms with E-state index in [1.165, 1.54) is 12.1 Å². The van der Waals surface area contributed by atoms with Crippen LogP contribution in [0.3, 0.4) is 0 Å². The largest absolute Gasteiger partial charge is 0.461 e. The number of anilines is 2. The van der Waals surface area contributed by atoms with Gasteiger partial charge in [0.15, 0.2) is 0 Å². The molecular weight excluding hydrogens is 495 g/mol. The zero-order valence-corrected chi connectivity index (χ0v) is 21.9. The van der Waals surface area contributed by atoms with Crippen LogP contribution in [0.2, 0.25) is 0 Å². The van der Waals surface area contributed by atoms with E-state index in [0.717, 1.165) is 34.0 Å². The summed E-state index contributed by atoms with van der Waals surface area (Å²) in [5.74, 6) is 0.934. The van der Waals surface area contributed by atoms with Gasteiger partial charge in [0, 0.05) is 37.2 Å². The molecule has 0 saturated heterocycles. The first-order valence-electron chi connectivity index (χ1n) is 13.1. The van der Waals surface area contributed by atoms with Gasteiger partial charge in [-0.2, -0.15) is 0 Å². The van der Waals surface area contributed by atoms with Crippen molar-refractivity contribution in [3.8, 4) is 11.3 Å². The lowest BCUT2D eigenvalue weighted by molar-refractivity contribution is -0.145. The Kier molecular flexibility index (Phi) is 8.01. The number of aryl methyl sites for hydroxylation is 1. The van der Waals surface area contributed by atoms with Crippen molar-refractivity contribution in [1.29, 1.82) is 0 Å². The summed E-state index contributed by atoms with van der Waals surface area (Å²) in [5.41, 5.74) is 4.51. The number of nitrogens with one attached hydrogen (secondary N) is 1. The van der Waals surface area contributed by atoms with Crippen molar-refractivity contribution < 1.29 is 18.7 Å². The number of imidazole rings is 1. The van der Waals surface area contributed by atoms with E-state index >= 15 is 0 Å². The summed E-state index contributed by atoms with van der Waals surface area (Å²) in [7, 11) is 0. The van der Waals surface area contributed by atoms with Crippen molar-refractivity contribution in [3.63, 3.8) is 0 Å². The molecule has 0 aliphatic carbocycles. The zero-order chi connectivity index (χ0) is 27.2. The standard InChI is InChI=1S/C31H31FN4O3/c1-22-10-16-26(17-11-22)33-31-30(24-12-14-25(32)15-13-24)34-27-20-35(18-19-36(27)31)28(37)8-5-9-29(38)39-21-23-6-3-2-4-7-23/h2-4,6-7,10-17,33H,5,8-9,18-21H2,1H3. The molecule has 0 fully saturated rings. The van der Waals surface area contributed by atoms with Crippen molar-refractivity contribution in [2.75, 3.05) is 11.9 Å². The normalized spacial score (nSPS) is 12.6. The Balaban J connectivity index is 1.23. The number of rotatable bonds is 9. The van der Waals surface area contributed by atoms with Crippen molar-refractivity contribution in [1.82, 2.24) is 14.5 Å². The molecule has 39 heavy (non-hydrogen) atoms. The van der Waals surface area contributed by atoms with E-state index in [-0.39, 0.29) is 37.1 Å². The number of esters is 1. The van der Waals surface area contributed by atoms with Crippen molar-refractivity contribution >= 4 is 23.4 Å². The fourth-order valence-electron chi connectivity index (χ4n) is 4.61. The van der Waals surface area contributed by atoms with Crippen LogP contribution in [0, 0.1) is 12.7 Å². The van der Waals surface area contributed by atoms with E-state index < -0.39 is 0 Å². The first kappa shape index (κ1) is 26.2. The predicted molar refractivity (Wildman–Crippen MR) is 148 cm³/mol. The fraction of sp³-hybridized carbons (Fsp3) is 0.258. The van der Waals surface area contributed by atoms with Crippen molar-refractivity contribution in [2.45, 2.75) is 45.9 Å². The van der Waals surface area contributed by atoms with Gasteiger partial charge in [-0.3, -0.25) is 9.59 Å². The topological polar surface area (TPSA) is 76.5 Å². The number of benzene rings is 3. The molecular formula is C31H31FN4O3. The molecule has 2 heterocycles.